The predicted octanol–water partition coefficient (Wildman–Crippen LogP) is 1.93. The van der Waals surface area contributed by atoms with Crippen LogP contribution in [0.2, 0.25) is 0 Å². The molecule has 0 amide bonds. The van der Waals surface area contributed by atoms with Crippen molar-refractivity contribution in [3.05, 3.63) is 36.2 Å². The van der Waals surface area contributed by atoms with Gasteiger partial charge in [0.15, 0.2) is 0 Å². The van der Waals surface area contributed by atoms with Crippen LogP contribution in [0, 0.1) is 13.8 Å². The van der Waals surface area contributed by atoms with Gasteiger partial charge in [-0.05, 0) is 38.1 Å². The highest BCUT2D eigenvalue weighted by atomic mass is 15.2. The minimum absolute atomic E-state index is 1.11. The molecule has 1 radical (unpaired) electrons. The SMILES string of the molecule is [CH2]c1ccc(C)c(N2CCN(C)CC2)c1. The summed E-state index contributed by atoms with van der Waals surface area (Å²) < 4.78 is 0. The van der Waals surface area contributed by atoms with Crippen molar-refractivity contribution in [3.8, 4) is 0 Å². The molecule has 0 saturated carbocycles. The summed E-state index contributed by atoms with van der Waals surface area (Å²) in [5, 5.41) is 0. The molecule has 2 rings (SSSR count). The lowest BCUT2D eigenvalue weighted by atomic mass is 10.1. The number of anilines is 1. The second-order valence-corrected chi connectivity index (χ2v) is 4.41. The van der Waals surface area contributed by atoms with Crippen LogP contribution in [0.5, 0.6) is 0 Å². The van der Waals surface area contributed by atoms with Crippen LogP contribution in [0.4, 0.5) is 5.69 Å². The van der Waals surface area contributed by atoms with Gasteiger partial charge >= 0.3 is 0 Å². The van der Waals surface area contributed by atoms with E-state index >= 15 is 0 Å². The highest BCUT2D eigenvalue weighted by Gasteiger charge is 2.15. The van der Waals surface area contributed by atoms with Crippen LogP contribution in [0.1, 0.15) is 11.1 Å². The number of hydrogen-bond donors (Lipinski definition) is 0. The third-order valence-corrected chi connectivity index (χ3v) is 3.12. The Hall–Kier alpha value is -1.02. The van der Waals surface area contributed by atoms with Crippen molar-refractivity contribution in [1.82, 2.24) is 4.90 Å². The van der Waals surface area contributed by atoms with Crippen LogP contribution >= 0.6 is 0 Å². The molecule has 0 N–H and O–H groups in total. The molecule has 1 aliphatic heterocycles. The molecule has 81 valence electrons. The van der Waals surface area contributed by atoms with Gasteiger partial charge in [-0.1, -0.05) is 12.1 Å². The number of benzene rings is 1. The molecule has 15 heavy (non-hydrogen) atoms. The zero-order valence-corrected chi connectivity index (χ0v) is 9.66. The molecule has 2 heteroatoms. The maximum absolute atomic E-state index is 4.00. The first-order chi connectivity index (χ1) is 7.16. The maximum Gasteiger partial charge on any atom is 0.0399 e. The van der Waals surface area contributed by atoms with E-state index in [4.69, 9.17) is 0 Å². The number of hydrogen-bond acceptors (Lipinski definition) is 2. The zero-order chi connectivity index (χ0) is 10.8. The Balaban J connectivity index is 2.18. The number of likely N-dealkylation sites (N-methyl/N-ethyl adjacent to an activating group) is 1. The molecule has 1 saturated heterocycles. The lowest BCUT2D eigenvalue weighted by Crippen LogP contribution is -2.44. The minimum atomic E-state index is 1.11. The Bertz CT molecular complexity index is 338. The highest BCUT2D eigenvalue weighted by Crippen LogP contribution is 2.22. The van der Waals surface area contributed by atoms with E-state index in [0.717, 1.165) is 31.7 Å². The third kappa shape index (κ3) is 2.32. The lowest BCUT2D eigenvalue weighted by molar-refractivity contribution is 0.312. The van der Waals surface area contributed by atoms with Crippen molar-refractivity contribution < 1.29 is 0 Å². The Labute approximate surface area is 92.5 Å². The van der Waals surface area contributed by atoms with E-state index in [1.54, 1.807) is 0 Å². The molecule has 1 fully saturated rings. The minimum Gasteiger partial charge on any atom is -0.369 e. The van der Waals surface area contributed by atoms with Crippen LogP contribution in [-0.2, 0) is 0 Å². The van der Waals surface area contributed by atoms with Crippen LogP contribution in [0.3, 0.4) is 0 Å². The Morgan fingerprint density at radius 2 is 1.80 bits per heavy atom. The van der Waals surface area contributed by atoms with Crippen molar-refractivity contribution in [1.29, 1.82) is 0 Å². The molecule has 2 nitrogen and oxygen atoms in total. The summed E-state index contributed by atoms with van der Waals surface area (Å²) in [6.07, 6.45) is 0. The van der Waals surface area contributed by atoms with E-state index in [1.807, 2.05) is 0 Å². The van der Waals surface area contributed by atoms with Crippen molar-refractivity contribution in [3.63, 3.8) is 0 Å². The van der Waals surface area contributed by atoms with Crippen LogP contribution < -0.4 is 4.90 Å². The number of nitrogens with zero attached hydrogens (tertiary/aromatic N) is 2. The fourth-order valence-electron chi connectivity index (χ4n) is 2.04. The van der Waals surface area contributed by atoms with Gasteiger partial charge < -0.3 is 9.80 Å². The third-order valence-electron chi connectivity index (χ3n) is 3.12. The summed E-state index contributed by atoms with van der Waals surface area (Å²) in [6, 6.07) is 6.44. The molecule has 0 unspecified atom stereocenters. The fourth-order valence-corrected chi connectivity index (χ4v) is 2.04. The first-order valence-electron chi connectivity index (χ1n) is 5.53. The van der Waals surface area contributed by atoms with Crippen LogP contribution in [0.25, 0.3) is 0 Å². The monoisotopic (exact) mass is 203 g/mol. The average Bonchev–Trinajstić information content (AvgIpc) is 2.23. The van der Waals surface area contributed by atoms with E-state index < -0.39 is 0 Å². The molecule has 0 spiro atoms. The van der Waals surface area contributed by atoms with Gasteiger partial charge in [0.25, 0.3) is 0 Å². The summed E-state index contributed by atoms with van der Waals surface area (Å²) in [5.41, 5.74) is 3.82. The number of rotatable bonds is 1. The van der Waals surface area contributed by atoms with Crippen molar-refractivity contribution in [2.24, 2.45) is 0 Å². The summed E-state index contributed by atoms with van der Waals surface area (Å²) >= 11 is 0. The maximum atomic E-state index is 4.00. The summed E-state index contributed by atoms with van der Waals surface area (Å²) in [7, 11) is 2.18. The van der Waals surface area contributed by atoms with Gasteiger partial charge in [0.05, 0.1) is 0 Å². The van der Waals surface area contributed by atoms with Crippen molar-refractivity contribution >= 4 is 5.69 Å². The van der Waals surface area contributed by atoms with Crippen LogP contribution in [0.15, 0.2) is 18.2 Å². The first-order valence-corrected chi connectivity index (χ1v) is 5.53. The molecule has 0 aliphatic carbocycles. The topological polar surface area (TPSA) is 6.48 Å². The van der Waals surface area contributed by atoms with Gasteiger partial charge in [0.1, 0.15) is 0 Å². The van der Waals surface area contributed by atoms with Gasteiger partial charge in [-0.25, -0.2) is 0 Å². The zero-order valence-electron chi connectivity index (χ0n) is 9.66. The number of piperazine rings is 1. The van der Waals surface area contributed by atoms with E-state index in [1.165, 1.54) is 11.3 Å². The highest BCUT2D eigenvalue weighted by molar-refractivity contribution is 5.55. The molecule has 0 aromatic heterocycles. The van der Waals surface area contributed by atoms with E-state index in [9.17, 15) is 0 Å². The predicted molar refractivity (Wildman–Crippen MR) is 65.3 cm³/mol. The van der Waals surface area contributed by atoms with E-state index in [-0.39, 0.29) is 0 Å². The quantitative estimate of drug-likeness (QED) is 0.688. The summed E-state index contributed by atoms with van der Waals surface area (Å²) in [5.74, 6) is 0. The molecule has 1 aromatic rings. The Morgan fingerprint density at radius 1 is 1.13 bits per heavy atom. The lowest BCUT2D eigenvalue weighted by Gasteiger charge is -2.35. The second kappa shape index (κ2) is 4.23. The molecular formula is C13H19N2. The smallest absolute Gasteiger partial charge is 0.0399 e. The largest absolute Gasteiger partial charge is 0.369 e. The Kier molecular flexibility index (Phi) is 2.96. The van der Waals surface area contributed by atoms with E-state index in [0.29, 0.717) is 0 Å². The molecule has 1 aliphatic rings. The molecule has 0 atom stereocenters. The average molecular weight is 203 g/mol. The van der Waals surface area contributed by atoms with E-state index in [2.05, 4.69) is 48.9 Å². The van der Waals surface area contributed by atoms with Crippen LogP contribution in [-0.4, -0.2) is 38.1 Å². The molecular weight excluding hydrogens is 184 g/mol. The Morgan fingerprint density at radius 3 is 2.47 bits per heavy atom. The van der Waals surface area contributed by atoms with Gasteiger partial charge in [-0.2, -0.15) is 0 Å². The van der Waals surface area contributed by atoms with Crippen molar-refractivity contribution in [2.45, 2.75) is 6.92 Å². The second-order valence-electron chi connectivity index (χ2n) is 4.41. The normalized spacial score (nSPS) is 18.2. The van der Waals surface area contributed by atoms with Gasteiger partial charge in [0, 0.05) is 31.9 Å². The molecule has 0 bridgehead atoms. The van der Waals surface area contributed by atoms with Crippen molar-refractivity contribution in [2.75, 3.05) is 38.1 Å². The van der Waals surface area contributed by atoms with Gasteiger partial charge in [0.2, 0.25) is 0 Å². The fraction of sp³-hybridized carbons (Fsp3) is 0.462. The molecule has 1 aromatic carbocycles. The summed E-state index contributed by atoms with van der Waals surface area (Å²) in [4.78, 5) is 4.84. The first kappa shape index (κ1) is 10.5. The standard InChI is InChI=1S/C13H19N2/c1-11-4-5-12(2)13(10-11)15-8-6-14(3)7-9-15/h4-5,10H,1,6-9H2,2-3H3. The summed E-state index contributed by atoms with van der Waals surface area (Å²) in [6.45, 7) is 10.7. The number of aryl methyl sites for hydroxylation is 1. The molecule has 1 heterocycles. The van der Waals surface area contributed by atoms with Gasteiger partial charge in [-0.15, -0.1) is 0 Å². The van der Waals surface area contributed by atoms with Gasteiger partial charge in [-0.3, -0.25) is 0 Å².